The molecule has 0 radical (unpaired) electrons. The Hall–Kier alpha value is -0.910. The second-order valence-corrected chi connectivity index (χ2v) is 7.62. The van der Waals surface area contributed by atoms with Crippen LogP contribution in [0.2, 0.25) is 0 Å². The number of nitrogens with zero attached hydrogens (tertiary/aromatic N) is 3. The van der Waals surface area contributed by atoms with E-state index in [1.54, 1.807) is 11.3 Å². The van der Waals surface area contributed by atoms with Gasteiger partial charge in [-0.15, -0.1) is 11.3 Å². The lowest BCUT2D eigenvalue weighted by molar-refractivity contribution is -0.0428. The van der Waals surface area contributed by atoms with E-state index in [1.807, 2.05) is 22.2 Å². The van der Waals surface area contributed by atoms with E-state index in [1.165, 1.54) is 12.8 Å². The standard InChI is InChI=1S/C16H25N3OS/c1-12-5-4-6-16(10-12,18(2)3)14(20)9-13-11-19-7-8-21-15(19)17-13/h7-8,11-12,14,20H,4-6,9-10H2,1-3H3. The van der Waals surface area contributed by atoms with Crippen LogP contribution in [0.1, 0.15) is 38.3 Å². The highest BCUT2D eigenvalue weighted by Gasteiger charge is 2.43. The second kappa shape index (κ2) is 5.71. The number of aromatic nitrogens is 2. The highest BCUT2D eigenvalue weighted by molar-refractivity contribution is 7.15. The minimum absolute atomic E-state index is 0.102. The molecule has 3 unspecified atom stereocenters. The molecule has 116 valence electrons. The van der Waals surface area contributed by atoms with Crippen molar-refractivity contribution in [3.63, 3.8) is 0 Å². The van der Waals surface area contributed by atoms with E-state index >= 15 is 0 Å². The Bertz CT molecular complexity index is 577. The number of aliphatic hydroxyl groups excluding tert-OH is 1. The van der Waals surface area contributed by atoms with Crippen molar-refractivity contribution < 1.29 is 5.11 Å². The van der Waals surface area contributed by atoms with Crippen molar-refractivity contribution >= 4 is 16.3 Å². The molecule has 0 saturated heterocycles. The maximum absolute atomic E-state index is 10.9. The van der Waals surface area contributed by atoms with Crippen molar-refractivity contribution in [2.75, 3.05) is 14.1 Å². The Balaban J connectivity index is 1.80. The van der Waals surface area contributed by atoms with Crippen LogP contribution >= 0.6 is 11.3 Å². The summed E-state index contributed by atoms with van der Waals surface area (Å²) in [6, 6.07) is 0. The minimum atomic E-state index is -0.361. The monoisotopic (exact) mass is 307 g/mol. The number of hydrogen-bond acceptors (Lipinski definition) is 4. The molecule has 1 aliphatic rings. The topological polar surface area (TPSA) is 40.8 Å². The van der Waals surface area contributed by atoms with Gasteiger partial charge in [0.15, 0.2) is 4.96 Å². The average Bonchev–Trinajstić information content (AvgIpc) is 2.99. The fourth-order valence-corrected chi connectivity index (χ4v) is 4.55. The van der Waals surface area contributed by atoms with Crippen molar-refractivity contribution in [3.05, 3.63) is 23.5 Å². The van der Waals surface area contributed by atoms with E-state index in [-0.39, 0.29) is 11.6 Å². The molecule has 0 aromatic carbocycles. The van der Waals surface area contributed by atoms with Gasteiger partial charge in [-0.05, 0) is 32.9 Å². The summed E-state index contributed by atoms with van der Waals surface area (Å²) < 4.78 is 2.04. The van der Waals surface area contributed by atoms with Gasteiger partial charge in [0, 0.05) is 29.7 Å². The van der Waals surface area contributed by atoms with Gasteiger partial charge in [-0.25, -0.2) is 4.98 Å². The second-order valence-electron chi connectivity index (χ2n) is 6.74. The molecule has 1 saturated carbocycles. The summed E-state index contributed by atoms with van der Waals surface area (Å²) >= 11 is 1.64. The molecular weight excluding hydrogens is 282 g/mol. The third-order valence-corrected chi connectivity index (χ3v) is 5.84. The fraction of sp³-hybridized carbons (Fsp3) is 0.688. The SMILES string of the molecule is CC1CCCC(C(O)Cc2cn3ccsc3n2)(N(C)C)C1. The number of hydrogen-bond donors (Lipinski definition) is 1. The first-order valence-electron chi connectivity index (χ1n) is 7.78. The molecule has 2 aromatic heterocycles. The summed E-state index contributed by atoms with van der Waals surface area (Å²) in [6.45, 7) is 2.30. The van der Waals surface area contributed by atoms with E-state index in [0.29, 0.717) is 12.3 Å². The van der Waals surface area contributed by atoms with Gasteiger partial charge in [0.25, 0.3) is 0 Å². The van der Waals surface area contributed by atoms with E-state index in [2.05, 4.69) is 30.9 Å². The molecule has 3 rings (SSSR count). The van der Waals surface area contributed by atoms with Gasteiger partial charge < -0.3 is 10.0 Å². The first-order chi connectivity index (χ1) is 10.0. The lowest BCUT2D eigenvalue weighted by Gasteiger charge is -2.48. The zero-order valence-corrected chi connectivity index (χ0v) is 13.9. The predicted molar refractivity (Wildman–Crippen MR) is 86.8 cm³/mol. The number of aliphatic hydroxyl groups is 1. The molecule has 0 amide bonds. The van der Waals surface area contributed by atoms with Gasteiger partial charge in [-0.2, -0.15) is 0 Å². The summed E-state index contributed by atoms with van der Waals surface area (Å²) in [5, 5.41) is 13.0. The zero-order valence-electron chi connectivity index (χ0n) is 13.1. The summed E-state index contributed by atoms with van der Waals surface area (Å²) in [5.74, 6) is 0.682. The molecule has 21 heavy (non-hydrogen) atoms. The minimum Gasteiger partial charge on any atom is -0.391 e. The maximum Gasteiger partial charge on any atom is 0.193 e. The van der Waals surface area contributed by atoms with Crippen LogP contribution < -0.4 is 0 Å². The van der Waals surface area contributed by atoms with Gasteiger partial charge in [-0.3, -0.25) is 4.40 Å². The van der Waals surface area contributed by atoms with Crippen LogP contribution in [0.4, 0.5) is 0 Å². The van der Waals surface area contributed by atoms with Crippen LogP contribution in [0.25, 0.3) is 4.96 Å². The van der Waals surface area contributed by atoms with Crippen molar-refractivity contribution in [3.8, 4) is 0 Å². The summed E-state index contributed by atoms with van der Waals surface area (Å²) in [4.78, 5) is 7.87. The molecule has 5 heteroatoms. The van der Waals surface area contributed by atoms with Crippen LogP contribution in [0, 0.1) is 5.92 Å². The fourth-order valence-electron chi connectivity index (χ4n) is 3.83. The Morgan fingerprint density at radius 3 is 3.05 bits per heavy atom. The van der Waals surface area contributed by atoms with Crippen molar-refractivity contribution in [1.82, 2.24) is 14.3 Å². The number of imidazole rings is 1. The molecule has 3 atom stereocenters. The maximum atomic E-state index is 10.9. The highest BCUT2D eigenvalue weighted by atomic mass is 32.1. The van der Waals surface area contributed by atoms with Crippen molar-refractivity contribution in [2.24, 2.45) is 5.92 Å². The van der Waals surface area contributed by atoms with E-state index in [0.717, 1.165) is 23.5 Å². The van der Waals surface area contributed by atoms with Crippen molar-refractivity contribution in [1.29, 1.82) is 0 Å². The molecule has 0 spiro atoms. The molecular formula is C16H25N3OS. The Morgan fingerprint density at radius 2 is 2.38 bits per heavy atom. The normalized spacial score (nSPS) is 28.3. The first-order valence-corrected chi connectivity index (χ1v) is 8.66. The molecule has 0 bridgehead atoms. The lowest BCUT2D eigenvalue weighted by atomic mass is 9.71. The number of thiazole rings is 1. The summed E-state index contributed by atoms with van der Waals surface area (Å²) in [5.41, 5.74) is 0.892. The van der Waals surface area contributed by atoms with Crippen LogP contribution in [-0.2, 0) is 6.42 Å². The molecule has 0 aliphatic heterocycles. The van der Waals surface area contributed by atoms with Gasteiger partial charge in [0.2, 0.25) is 0 Å². The van der Waals surface area contributed by atoms with Gasteiger partial charge in [-0.1, -0.05) is 19.8 Å². The number of fused-ring (bicyclic) bond motifs is 1. The summed E-state index contributed by atoms with van der Waals surface area (Å²) in [7, 11) is 4.21. The Morgan fingerprint density at radius 1 is 1.57 bits per heavy atom. The lowest BCUT2D eigenvalue weighted by Crippen LogP contribution is -2.56. The van der Waals surface area contributed by atoms with Gasteiger partial charge in [0.05, 0.1) is 11.8 Å². The van der Waals surface area contributed by atoms with E-state index in [4.69, 9.17) is 0 Å². The van der Waals surface area contributed by atoms with Crippen LogP contribution in [0.15, 0.2) is 17.8 Å². The first kappa shape index (κ1) is 15.0. The van der Waals surface area contributed by atoms with Crippen molar-refractivity contribution in [2.45, 2.75) is 50.7 Å². The number of rotatable bonds is 4. The van der Waals surface area contributed by atoms with Crippen LogP contribution in [0.3, 0.4) is 0 Å². The largest absolute Gasteiger partial charge is 0.391 e. The third kappa shape index (κ3) is 2.74. The van der Waals surface area contributed by atoms with Gasteiger partial charge >= 0.3 is 0 Å². The molecule has 1 N–H and O–H groups in total. The van der Waals surface area contributed by atoms with Gasteiger partial charge in [0.1, 0.15) is 0 Å². The molecule has 1 fully saturated rings. The Kier molecular flexibility index (Phi) is 4.08. The highest BCUT2D eigenvalue weighted by Crippen LogP contribution is 2.39. The molecule has 4 nitrogen and oxygen atoms in total. The predicted octanol–water partition coefficient (Wildman–Crippen LogP) is 2.81. The van der Waals surface area contributed by atoms with Crippen LogP contribution in [-0.4, -0.2) is 45.1 Å². The zero-order chi connectivity index (χ0) is 15.0. The molecule has 1 aliphatic carbocycles. The van der Waals surface area contributed by atoms with E-state index < -0.39 is 0 Å². The quantitative estimate of drug-likeness (QED) is 0.944. The molecule has 2 aromatic rings. The summed E-state index contributed by atoms with van der Waals surface area (Å²) in [6.07, 6.45) is 8.98. The van der Waals surface area contributed by atoms with Crippen LogP contribution in [0.5, 0.6) is 0 Å². The average molecular weight is 307 g/mol. The molecule has 2 heterocycles. The third-order valence-electron chi connectivity index (χ3n) is 5.07. The van der Waals surface area contributed by atoms with E-state index in [9.17, 15) is 5.11 Å². The Labute approximate surface area is 130 Å². The smallest absolute Gasteiger partial charge is 0.193 e. The number of likely N-dealkylation sites (N-methyl/N-ethyl adjacent to an activating group) is 1.